The van der Waals surface area contributed by atoms with Crippen molar-refractivity contribution in [1.82, 2.24) is 24.9 Å². The minimum absolute atomic E-state index is 0.117. The molecule has 3 aliphatic rings. The van der Waals surface area contributed by atoms with E-state index in [4.69, 9.17) is 26.2 Å². The van der Waals surface area contributed by atoms with Crippen LogP contribution in [0.2, 0.25) is 5.02 Å². The van der Waals surface area contributed by atoms with Gasteiger partial charge in [-0.15, -0.1) is 0 Å². The van der Waals surface area contributed by atoms with Gasteiger partial charge in [0.15, 0.2) is 0 Å². The lowest BCUT2D eigenvalue weighted by atomic mass is 9.49. The monoisotopic (exact) mass is 728 g/mol. The molecule has 0 spiro atoms. The molecule has 0 bridgehead atoms. The number of rotatable bonds is 8. The van der Waals surface area contributed by atoms with Crippen LogP contribution >= 0.6 is 11.6 Å². The number of benzene rings is 2. The van der Waals surface area contributed by atoms with Gasteiger partial charge in [0.05, 0.1) is 22.8 Å². The maximum Gasteiger partial charge on any atom is 0.410 e. The minimum Gasteiger partial charge on any atom is -0.489 e. The molecular formula is C41H53ClN6O4. The molecule has 278 valence electrons. The summed E-state index contributed by atoms with van der Waals surface area (Å²) in [5.41, 5.74) is 1.93. The highest BCUT2D eigenvalue weighted by Gasteiger charge is 2.64. The second-order valence-corrected chi connectivity index (χ2v) is 17.4. The maximum atomic E-state index is 13.5. The van der Waals surface area contributed by atoms with Crippen molar-refractivity contribution in [3.8, 4) is 22.9 Å². The van der Waals surface area contributed by atoms with Gasteiger partial charge in [-0.25, -0.2) is 4.79 Å². The molecular weight excluding hydrogens is 676 g/mol. The number of nitrogens with zero attached hydrogens (tertiary/aromatic N) is 5. The molecule has 2 amide bonds. The summed E-state index contributed by atoms with van der Waals surface area (Å²) >= 11 is 6.25. The van der Waals surface area contributed by atoms with Crippen LogP contribution in [0.15, 0.2) is 54.9 Å². The van der Waals surface area contributed by atoms with Crippen LogP contribution in [-0.4, -0.2) is 82.1 Å². The van der Waals surface area contributed by atoms with Crippen LogP contribution in [0.3, 0.4) is 0 Å². The first-order chi connectivity index (χ1) is 24.5. The minimum atomic E-state index is -0.461. The molecule has 0 radical (unpaired) electrons. The number of likely N-dealkylation sites (tertiary alicyclic amines) is 2. The molecule has 1 N–H and O–H groups in total. The SMILES string of the molecule is CC(C)(C)OC(=O)N1CCC(CN2CCC(n3cc(-c4ccc(C(=O)N[C@H]5C(C)(C)[C@H](Oc6ccc(C#N)c(Cl)c6)C5(C)C)cc4)cn3)CC2)CC1. The summed E-state index contributed by atoms with van der Waals surface area (Å²) < 4.78 is 14.0. The predicted molar refractivity (Wildman–Crippen MR) is 202 cm³/mol. The highest BCUT2D eigenvalue weighted by molar-refractivity contribution is 6.31. The van der Waals surface area contributed by atoms with Gasteiger partial charge in [0.25, 0.3) is 5.91 Å². The van der Waals surface area contributed by atoms with Gasteiger partial charge in [-0.2, -0.15) is 10.4 Å². The van der Waals surface area contributed by atoms with Crippen molar-refractivity contribution in [2.75, 3.05) is 32.7 Å². The Hall–Kier alpha value is -4.07. The van der Waals surface area contributed by atoms with Gasteiger partial charge in [-0.05, 0) is 82.2 Å². The van der Waals surface area contributed by atoms with Crippen molar-refractivity contribution in [2.45, 2.75) is 97.9 Å². The van der Waals surface area contributed by atoms with E-state index in [0.29, 0.717) is 33.9 Å². The summed E-state index contributed by atoms with van der Waals surface area (Å²) in [5, 5.41) is 17.6. The number of piperidine rings is 2. The summed E-state index contributed by atoms with van der Waals surface area (Å²) in [5.74, 6) is 1.10. The number of aromatic nitrogens is 2. The van der Waals surface area contributed by atoms with Crippen molar-refractivity contribution in [2.24, 2.45) is 16.7 Å². The number of hydrogen-bond donors (Lipinski definition) is 1. The fourth-order valence-corrected chi connectivity index (χ4v) is 8.88. The normalized spacial score (nSPS) is 22.2. The average molecular weight is 729 g/mol. The number of carbonyl (C=O) groups excluding carboxylic acids is 2. The Morgan fingerprint density at radius 3 is 2.21 bits per heavy atom. The lowest BCUT2D eigenvalue weighted by molar-refractivity contribution is -0.164. The summed E-state index contributed by atoms with van der Waals surface area (Å²) in [4.78, 5) is 30.3. The summed E-state index contributed by atoms with van der Waals surface area (Å²) in [6.07, 6.45) is 7.82. The summed E-state index contributed by atoms with van der Waals surface area (Å²) in [6, 6.07) is 15.2. The quantitative estimate of drug-likeness (QED) is 0.250. The van der Waals surface area contributed by atoms with Crippen LogP contribution in [-0.2, 0) is 4.74 Å². The first-order valence-corrected chi connectivity index (χ1v) is 18.9. The third-order valence-electron chi connectivity index (χ3n) is 11.2. The Morgan fingerprint density at radius 2 is 1.62 bits per heavy atom. The lowest BCUT2D eigenvalue weighted by Gasteiger charge is -2.63. The van der Waals surface area contributed by atoms with Crippen molar-refractivity contribution in [3.63, 3.8) is 0 Å². The number of nitriles is 1. The van der Waals surface area contributed by atoms with E-state index >= 15 is 0 Å². The lowest BCUT2D eigenvalue weighted by Crippen LogP contribution is -2.74. The van der Waals surface area contributed by atoms with Gasteiger partial charge in [0.2, 0.25) is 0 Å². The smallest absolute Gasteiger partial charge is 0.410 e. The van der Waals surface area contributed by atoms with Gasteiger partial charge in [-0.3, -0.25) is 9.48 Å². The number of nitrogens with one attached hydrogen (secondary N) is 1. The maximum absolute atomic E-state index is 13.5. The van der Waals surface area contributed by atoms with Gasteiger partial charge in [-0.1, -0.05) is 51.4 Å². The second-order valence-electron chi connectivity index (χ2n) is 17.0. The standard InChI is InChI=1S/C41H53ClN6O4/c1-39(2,3)52-38(50)47-20-14-27(15-21-47)25-46-18-16-32(17-19-46)48-26-31(24-44-48)28-8-10-29(11-9-28)35(49)45-36-40(4,5)37(41(36,6)7)51-33-13-12-30(23-43)34(42)22-33/h8-13,22,24,26-27,32,36-37H,14-21,25H2,1-7H3,(H,45,49)/t36-,37-. The van der Waals surface area contributed by atoms with Crippen LogP contribution in [0, 0.1) is 28.1 Å². The zero-order chi connectivity index (χ0) is 37.4. The first kappa shape index (κ1) is 37.7. The number of halogens is 1. The van der Waals surface area contributed by atoms with E-state index in [1.165, 1.54) is 0 Å². The van der Waals surface area contributed by atoms with E-state index in [0.717, 1.165) is 69.5 Å². The van der Waals surface area contributed by atoms with Crippen molar-refractivity contribution < 1.29 is 19.1 Å². The van der Waals surface area contributed by atoms with E-state index in [-0.39, 0.29) is 35.0 Å². The third-order valence-corrected chi connectivity index (χ3v) is 11.5. The Balaban J connectivity index is 0.975. The van der Waals surface area contributed by atoms with Crippen LogP contribution in [0.25, 0.3) is 11.1 Å². The Bertz CT molecular complexity index is 1770. The van der Waals surface area contributed by atoms with Crippen LogP contribution in [0.4, 0.5) is 4.79 Å². The third kappa shape index (κ3) is 8.11. The number of carbonyl (C=O) groups is 2. The van der Waals surface area contributed by atoms with Gasteiger partial charge >= 0.3 is 6.09 Å². The molecule has 1 saturated carbocycles. The molecule has 1 aliphatic carbocycles. The fraction of sp³-hybridized carbons (Fsp3) is 0.561. The van der Waals surface area contributed by atoms with Crippen LogP contribution in [0.1, 0.15) is 96.1 Å². The zero-order valence-corrected chi connectivity index (χ0v) is 32.4. The predicted octanol–water partition coefficient (Wildman–Crippen LogP) is 7.97. The molecule has 2 aromatic carbocycles. The molecule has 6 rings (SSSR count). The van der Waals surface area contributed by atoms with E-state index < -0.39 is 5.60 Å². The Kier molecular flexibility index (Phi) is 10.7. The molecule has 10 nitrogen and oxygen atoms in total. The Morgan fingerprint density at radius 1 is 0.962 bits per heavy atom. The fourth-order valence-electron chi connectivity index (χ4n) is 8.67. The van der Waals surface area contributed by atoms with Crippen LogP contribution in [0.5, 0.6) is 5.75 Å². The molecule has 3 aromatic rings. The molecule has 0 unspecified atom stereocenters. The highest BCUT2D eigenvalue weighted by Crippen LogP contribution is 2.55. The summed E-state index contributed by atoms with van der Waals surface area (Å²) in [6.45, 7) is 18.8. The second kappa shape index (κ2) is 14.7. The zero-order valence-electron chi connectivity index (χ0n) is 31.6. The molecule has 11 heteroatoms. The number of hydrogen-bond acceptors (Lipinski definition) is 7. The van der Waals surface area contributed by atoms with Crippen molar-refractivity contribution in [1.29, 1.82) is 5.26 Å². The molecule has 1 aromatic heterocycles. The van der Waals surface area contributed by atoms with E-state index in [9.17, 15) is 14.9 Å². The largest absolute Gasteiger partial charge is 0.489 e. The van der Waals surface area contributed by atoms with E-state index in [1.807, 2.05) is 56.1 Å². The molecule has 2 saturated heterocycles. The topological polar surface area (TPSA) is 113 Å². The first-order valence-electron chi connectivity index (χ1n) is 18.6. The summed E-state index contributed by atoms with van der Waals surface area (Å²) in [7, 11) is 0. The number of ether oxygens (including phenoxy) is 2. The van der Waals surface area contributed by atoms with E-state index in [1.54, 1.807) is 18.2 Å². The molecule has 3 fully saturated rings. The molecule has 52 heavy (non-hydrogen) atoms. The van der Waals surface area contributed by atoms with E-state index in [2.05, 4.69) is 54.9 Å². The Labute approximate surface area is 313 Å². The van der Waals surface area contributed by atoms with Gasteiger partial charge in [0, 0.05) is 73.0 Å². The number of amides is 2. The van der Waals surface area contributed by atoms with Crippen LogP contribution < -0.4 is 10.1 Å². The van der Waals surface area contributed by atoms with Gasteiger partial charge < -0.3 is 24.6 Å². The average Bonchev–Trinajstić information content (AvgIpc) is 3.60. The molecule has 3 heterocycles. The van der Waals surface area contributed by atoms with Crippen molar-refractivity contribution >= 4 is 23.6 Å². The van der Waals surface area contributed by atoms with Crippen molar-refractivity contribution in [3.05, 3.63) is 71.0 Å². The molecule has 2 aliphatic heterocycles. The highest BCUT2D eigenvalue weighted by atomic mass is 35.5. The van der Waals surface area contributed by atoms with Gasteiger partial charge in [0.1, 0.15) is 23.5 Å². The molecule has 0 atom stereocenters.